The zero-order valence-electron chi connectivity index (χ0n) is 10.1. The number of rotatable bonds is 5. The van der Waals surface area contributed by atoms with E-state index in [4.69, 9.17) is 0 Å². The van der Waals surface area contributed by atoms with E-state index in [1.54, 1.807) is 12.3 Å². The second-order valence-electron chi connectivity index (χ2n) is 4.04. The summed E-state index contributed by atoms with van der Waals surface area (Å²) in [5.41, 5.74) is 1.79. The highest BCUT2D eigenvalue weighted by molar-refractivity contribution is 9.10. The summed E-state index contributed by atoms with van der Waals surface area (Å²) in [6, 6.07) is 4.62. The second kappa shape index (κ2) is 6.11. The van der Waals surface area contributed by atoms with Gasteiger partial charge in [-0.05, 0) is 47.1 Å². The van der Waals surface area contributed by atoms with Crippen LogP contribution in [0, 0.1) is 5.82 Å². The third-order valence-electron chi connectivity index (χ3n) is 2.57. The van der Waals surface area contributed by atoms with Gasteiger partial charge in [0, 0.05) is 10.0 Å². The molecular weight excluding hydrogens is 297 g/mol. The number of H-pyrrole nitrogens is 1. The molecule has 1 heterocycles. The van der Waals surface area contributed by atoms with Gasteiger partial charge in [-0.2, -0.15) is 0 Å². The van der Waals surface area contributed by atoms with Crippen molar-refractivity contribution in [1.82, 2.24) is 15.3 Å². The highest BCUT2D eigenvalue weighted by Crippen LogP contribution is 2.27. The predicted octanol–water partition coefficient (Wildman–Crippen LogP) is 3.48. The van der Waals surface area contributed by atoms with Gasteiger partial charge in [0.05, 0.1) is 18.4 Å². The molecule has 0 atom stereocenters. The molecule has 0 unspecified atom stereocenters. The minimum Gasteiger partial charge on any atom is -0.341 e. The van der Waals surface area contributed by atoms with Gasteiger partial charge in [-0.3, -0.25) is 0 Å². The first-order valence-electron chi connectivity index (χ1n) is 5.90. The quantitative estimate of drug-likeness (QED) is 0.830. The Morgan fingerprint density at radius 3 is 3.00 bits per heavy atom. The molecule has 3 nitrogen and oxygen atoms in total. The average molecular weight is 312 g/mol. The summed E-state index contributed by atoms with van der Waals surface area (Å²) in [6.07, 6.45) is 2.86. The van der Waals surface area contributed by atoms with Gasteiger partial charge in [-0.25, -0.2) is 9.37 Å². The fraction of sp³-hybridized carbons (Fsp3) is 0.308. The molecule has 1 aromatic heterocycles. The van der Waals surface area contributed by atoms with Crippen LogP contribution in [0.3, 0.4) is 0 Å². The Balaban J connectivity index is 2.13. The maximum absolute atomic E-state index is 13.0. The lowest BCUT2D eigenvalue weighted by Gasteiger charge is -2.02. The summed E-state index contributed by atoms with van der Waals surface area (Å²) in [5, 5.41) is 3.27. The minimum atomic E-state index is -0.255. The molecule has 1 aromatic carbocycles. The number of nitrogens with one attached hydrogen (secondary N) is 2. The molecule has 18 heavy (non-hydrogen) atoms. The van der Waals surface area contributed by atoms with Crippen molar-refractivity contribution >= 4 is 15.9 Å². The Morgan fingerprint density at radius 2 is 2.28 bits per heavy atom. The van der Waals surface area contributed by atoms with E-state index in [9.17, 15) is 4.39 Å². The van der Waals surface area contributed by atoms with Crippen molar-refractivity contribution in [2.45, 2.75) is 19.9 Å². The van der Waals surface area contributed by atoms with E-state index in [1.807, 2.05) is 0 Å². The molecule has 0 radical (unpaired) electrons. The van der Waals surface area contributed by atoms with Gasteiger partial charge in [0.2, 0.25) is 0 Å². The number of aromatic nitrogens is 2. The van der Waals surface area contributed by atoms with Crippen LogP contribution < -0.4 is 5.32 Å². The van der Waals surface area contributed by atoms with Crippen molar-refractivity contribution in [2.24, 2.45) is 0 Å². The van der Waals surface area contributed by atoms with Crippen molar-refractivity contribution in [1.29, 1.82) is 0 Å². The van der Waals surface area contributed by atoms with Crippen LogP contribution in [0.15, 0.2) is 28.9 Å². The van der Waals surface area contributed by atoms with Gasteiger partial charge in [0.25, 0.3) is 0 Å². The molecule has 96 valence electrons. The van der Waals surface area contributed by atoms with E-state index in [2.05, 4.69) is 38.1 Å². The molecule has 0 spiro atoms. The predicted molar refractivity (Wildman–Crippen MR) is 73.7 cm³/mol. The maximum Gasteiger partial charge on any atom is 0.124 e. The number of aromatic amines is 1. The van der Waals surface area contributed by atoms with Gasteiger partial charge in [0.15, 0.2) is 0 Å². The Hall–Kier alpha value is -1.20. The van der Waals surface area contributed by atoms with E-state index in [-0.39, 0.29) is 5.82 Å². The molecule has 0 amide bonds. The first kappa shape index (κ1) is 13.2. The van der Waals surface area contributed by atoms with Crippen LogP contribution in [-0.2, 0) is 6.54 Å². The SMILES string of the molecule is CCCNCc1ncc(-c2ccc(F)cc2Br)[nH]1. The molecule has 0 aliphatic heterocycles. The Labute approximate surface area is 114 Å². The molecule has 0 aliphatic carbocycles. The lowest BCUT2D eigenvalue weighted by atomic mass is 10.2. The van der Waals surface area contributed by atoms with Gasteiger partial charge >= 0.3 is 0 Å². The molecule has 5 heteroatoms. The molecule has 0 fully saturated rings. The van der Waals surface area contributed by atoms with E-state index in [0.717, 1.165) is 34.5 Å². The number of hydrogen-bond acceptors (Lipinski definition) is 2. The van der Waals surface area contributed by atoms with Crippen LogP contribution in [0.1, 0.15) is 19.2 Å². The van der Waals surface area contributed by atoms with Crippen LogP contribution in [0.2, 0.25) is 0 Å². The van der Waals surface area contributed by atoms with E-state index >= 15 is 0 Å². The Morgan fingerprint density at radius 1 is 1.44 bits per heavy atom. The van der Waals surface area contributed by atoms with Crippen LogP contribution >= 0.6 is 15.9 Å². The second-order valence-corrected chi connectivity index (χ2v) is 4.90. The van der Waals surface area contributed by atoms with Crippen molar-refractivity contribution in [2.75, 3.05) is 6.54 Å². The number of nitrogens with zero attached hydrogens (tertiary/aromatic N) is 1. The first-order valence-corrected chi connectivity index (χ1v) is 6.70. The summed E-state index contributed by atoms with van der Waals surface area (Å²) in [6.45, 7) is 3.80. The largest absolute Gasteiger partial charge is 0.341 e. The molecular formula is C13H15BrFN3. The molecule has 0 bridgehead atoms. The summed E-state index contributed by atoms with van der Waals surface area (Å²) < 4.78 is 13.7. The maximum atomic E-state index is 13.0. The monoisotopic (exact) mass is 311 g/mol. The summed E-state index contributed by atoms with van der Waals surface area (Å²) in [4.78, 5) is 7.52. The lowest BCUT2D eigenvalue weighted by molar-refractivity contribution is 0.627. The third kappa shape index (κ3) is 3.17. The number of halogens is 2. The highest BCUT2D eigenvalue weighted by Gasteiger charge is 2.07. The first-order chi connectivity index (χ1) is 8.70. The lowest BCUT2D eigenvalue weighted by Crippen LogP contribution is -2.14. The third-order valence-corrected chi connectivity index (χ3v) is 3.23. The van der Waals surface area contributed by atoms with Gasteiger partial charge in [-0.1, -0.05) is 6.92 Å². The average Bonchev–Trinajstić information content (AvgIpc) is 2.78. The smallest absolute Gasteiger partial charge is 0.124 e. The molecule has 2 aromatic rings. The number of hydrogen-bond donors (Lipinski definition) is 2. The fourth-order valence-corrected chi connectivity index (χ4v) is 2.25. The zero-order chi connectivity index (χ0) is 13.0. The van der Waals surface area contributed by atoms with Crippen molar-refractivity contribution in [3.05, 3.63) is 40.5 Å². The molecule has 2 N–H and O–H groups in total. The number of imidazole rings is 1. The van der Waals surface area contributed by atoms with Crippen molar-refractivity contribution in [3.8, 4) is 11.3 Å². The molecule has 2 rings (SSSR count). The van der Waals surface area contributed by atoms with E-state index < -0.39 is 0 Å². The van der Waals surface area contributed by atoms with Gasteiger partial charge in [0.1, 0.15) is 11.6 Å². The molecule has 0 saturated heterocycles. The van der Waals surface area contributed by atoms with Gasteiger partial charge < -0.3 is 10.3 Å². The van der Waals surface area contributed by atoms with Crippen molar-refractivity contribution < 1.29 is 4.39 Å². The zero-order valence-corrected chi connectivity index (χ0v) is 11.7. The standard InChI is InChI=1S/C13H15BrFN3/c1-2-5-16-8-13-17-7-12(18-13)10-4-3-9(15)6-11(10)14/h3-4,6-7,16H,2,5,8H2,1H3,(H,17,18). The van der Waals surface area contributed by atoms with Crippen LogP contribution in [0.25, 0.3) is 11.3 Å². The van der Waals surface area contributed by atoms with E-state index in [0.29, 0.717) is 6.54 Å². The van der Waals surface area contributed by atoms with Crippen LogP contribution in [0.4, 0.5) is 4.39 Å². The molecule has 0 aliphatic rings. The fourth-order valence-electron chi connectivity index (χ4n) is 1.68. The summed E-state index contributed by atoms with van der Waals surface area (Å²) in [5.74, 6) is 0.629. The van der Waals surface area contributed by atoms with Gasteiger partial charge in [-0.15, -0.1) is 0 Å². The summed E-state index contributed by atoms with van der Waals surface area (Å²) >= 11 is 3.35. The van der Waals surface area contributed by atoms with E-state index in [1.165, 1.54) is 12.1 Å². The highest BCUT2D eigenvalue weighted by atomic mass is 79.9. The molecule has 0 saturated carbocycles. The minimum absolute atomic E-state index is 0.255. The van der Waals surface area contributed by atoms with Crippen LogP contribution in [0.5, 0.6) is 0 Å². The normalized spacial score (nSPS) is 10.8. The van der Waals surface area contributed by atoms with Crippen LogP contribution in [-0.4, -0.2) is 16.5 Å². The van der Waals surface area contributed by atoms with Crippen molar-refractivity contribution in [3.63, 3.8) is 0 Å². The Kier molecular flexibility index (Phi) is 4.49. The number of benzene rings is 1. The Bertz CT molecular complexity index is 525. The topological polar surface area (TPSA) is 40.7 Å². The summed E-state index contributed by atoms with van der Waals surface area (Å²) in [7, 11) is 0.